The molecule has 0 aromatic rings. The quantitative estimate of drug-likeness (QED) is 0.691. The molecule has 8 fully saturated rings. The minimum Gasteiger partial charge on any atom is -0.392 e. The van der Waals surface area contributed by atoms with Crippen LogP contribution in [0.25, 0.3) is 0 Å². The van der Waals surface area contributed by atoms with E-state index < -0.39 is 5.79 Å². The molecule has 5 heteroatoms. The first-order valence-corrected chi connectivity index (χ1v) is 11.7. The van der Waals surface area contributed by atoms with Gasteiger partial charge < -0.3 is 24.1 Å². The Morgan fingerprint density at radius 3 is 2.14 bits per heavy atom. The molecule has 6 saturated carbocycles. The van der Waals surface area contributed by atoms with Gasteiger partial charge in [0.15, 0.2) is 11.6 Å². The van der Waals surface area contributed by atoms with Crippen molar-refractivity contribution in [3.05, 3.63) is 0 Å². The lowest BCUT2D eigenvalue weighted by atomic mass is 9.20. The second-order valence-corrected chi connectivity index (χ2v) is 11.7. The molecule has 6 spiro atoms. The summed E-state index contributed by atoms with van der Waals surface area (Å²) in [7, 11) is 0. The summed E-state index contributed by atoms with van der Waals surface area (Å²) in [6.07, 6.45) is 9.95. The summed E-state index contributed by atoms with van der Waals surface area (Å²) < 4.78 is 25.1. The van der Waals surface area contributed by atoms with E-state index in [4.69, 9.17) is 18.9 Å². The first-order valence-electron chi connectivity index (χ1n) is 11.7. The SMILES string of the molecule is CC12CC(O)[C@]34CC35CCC3(C[C@]56CCC64[C@@H]1CCC21OCCO1)OCCO3. The topological polar surface area (TPSA) is 57.2 Å². The number of hydrogen-bond donors (Lipinski definition) is 1. The highest BCUT2D eigenvalue weighted by Crippen LogP contribution is 3.07. The molecule has 0 radical (unpaired) electrons. The second-order valence-electron chi connectivity index (χ2n) is 11.7. The number of ether oxygens (including phenoxy) is 4. The van der Waals surface area contributed by atoms with Crippen molar-refractivity contribution in [2.75, 3.05) is 26.4 Å². The zero-order valence-electron chi connectivity index (χ0n) is 16.9. The third kappa shape index (κ3) is 1.18. The van der Waals surface area contributed by atoms with Crippen LogP contribution in [0.15, 0.2) is 0 Å². The third-order valence-corrected chi connectivity index (χ3v) is 12.1. The standard InChI is InChI=1S/C23H32O5/c1-17-12-16(24)22-14-19(22)4-6-20(25-8-9-26-20)13-18(19)5-7-21(18,22)15(17)2-3-23(17)27-10-11-28-23/h15-16,24H,2-14H2,1H3/t15-,16?,17?,18-,19?,21?,22-/m1/s1. The molecule has 8 aliphatic rings. The smallest absolute Gasteiger partial charge is 0.174 e. The Balaban J connectivity index is 1.28. The van der Waals surface area contributed by atoms with Crippen LogP contribution in [0.5, 0.6) is 0 Å². The maximum atomic E-state index is 11.7. The fourth-order valence-electron chi connectivity index (χ4n) is 11.6. The van der Waals surface area contributed by atoms with Gasteiger partial charge in [-0.1, -0.05) is 6.92 Å². The first kappa shape index (κ1) is 16.5. The fraction of sp³-hybridized carbons (Fsp3) is 1.00. The van der Waals surface area contributed by atoms with Crippen molar-refractivity contribution in [3.8, 4) is 0 Å². The van der Waals surface area contributed by atoms with Crippen LogP contribution in [0.1, 0.15) is 64.7 Å². The van der Waals surface area contributed by atoms with Crippen LogP contribution >= 0.6 is 0 Å². The molecular formula is C23H32O5. The van der Waals surface area contributed by atoms with E-state index in [-0.39, 0.29) is 28.1 Å². The molecule has 0 amide bonds. The van der Waals surface area contributed by atoms with Crippen LogP contribution in [0.2, 0.25) is 0 Å². The molecule has 0 aromatic carbocycles. The van der Waals surface area contributed by atoms with Gasteiger partial charge in [-0.3, -0.25) is 0 Å². The molecule has 154 valence electrons. The summed E-state index contributed by atoms with van der Waals surface area (Å²) in [5.74, 6) is -0.184. The molecule has 5 nitrogen and oxygen atoms in total. The minimum atomic E-state index is -0.453. The predicted octanol–water partition coefficient (Wildman–Crippen LogP) is 2.99. The van der Waals surface area contributed by atoms with Gasteiger partial charge in [-0.2, -0.15) is 0 Å². The molecule has 2 heterocycles. The highest BCUT2D eigenvalue weighted by atomic mass is 16.7. The fourth-order valence-corrected chi connectivity index (χ4v) is 11.6. The van der Waals surface area contributed by atoms with E-state index in [2.05, 4.69) is 6.92 Å². The van der Waals surface area contributed by atoms with E-state index in [1.54, 1.807) is 0 Å². The summed E-state index contributed by atoms with van der Waals surface area (Å²) in [5, 5.41) is 11.7. The summed E-state index contributed by atoms with van der Waals surface area (Å²) in [6.45, 7) is 5.29. The monoisotopic (exact) mass is 388 g/mol. The molecule has 7 atom stereocenters. The predicted molar refractivity (Wildman–Crippen MR) is 98.2 cm³/mol. The van der Waals surface area contributed by atoms with Gasteiger partial charge >= 0.3 is 0 Å². The molecule has 2 saturated heterocycles. The average molecular weight is 389 g/mol. The number of hydrogen-bond acceptors (Lipinski definition) is 5. The maximum Gasteiger partial charge on any atom is 0.174 e. The number of aliphatic hydroxyl groups is 1. The van der Waals surface area contributed by atoms with Crippen molar-refractivity contribution in [3.63, 3.8) is 0 Å². The van der Waals surface area contributed by atoms with E-state index >= 15 is 0 Å². The highest BCUT2D eigenvalue weighted by molar-refractivity contribution is 5.51. The summed E-state index contributed by atoms with van der Waals surface area (Å²) in [6, 6.07) is 0. The van der Waals surface area contributed by atoms with Gasteiger partial charge in [0.25, 0.3) is 0 Å². The van der Waals surface area contributed by atoms with E-state index in [1.807, 2.05) is 0 Å². The van der Waals surface area contributed by atoms with Crippen LogP contribution in [0.3, 0.4) is 0 Å². The van der Waals surface area contributed by atoms with Gasteiger partial charge in [0.05, 0.1) is 32.5 Å². The molecule has 2 aliphatic heterocycles. The van der Waals surface area contributed by atoms with Crippen molar-refractivity contribution in [2.24, 2.45) is 33.0 Å². The first-order chi connectivity index (χ1) is 13.5. The zero-order valence-corrected chi connectivity index (χ0v) is 16.9. The van der Waals surface area contributed by atoms with Crippen molar-refractivity contribution in [1.82, 2.24) is 0 Å². The lowest BCUT2D eigenvalue weighted by Crippen LogP contribution is -2.82. The van der Waals surface area contributed by atoms with Crippen molar-refractivity contribution < 1.29 is 24.1 Å². The Morgan fingerprint density at radius 2 is 1.43 bits per heavy atom. The molecule has 0 bridgehead atoms. The summed E-state index contributed by atoms with van der Waals surface area (Å²) in [5.41, 5.74) is 1.05. The molecule has 4 unspecified atom stereocenters. The largest absolute Gasteiger partial charge is 0.392 e. The van der Waals surface area contributed by atoms with Crippen LogP contribution < -0.4 is 0 Å². The Morgan fingerprint density at radius 1 is 0.750 bits per heavy atom. The number of fused-ring (bicyclic) bond motifs is 2. The third-order valence-electron chi connectivity index (χ3n) is 12.1. The van der Waals surface area contributed by atoms with Crippen LogP contribution in [-0.4, -0.2) is 49.2 Å². The summed E-state index contributed by atoms with van der Waals surface area (Å²) in [4.78, 5) is 0. The van der Waals surface area contributed by atoms with Gasteiger partial charge in [-0.05, 0) is 60.7 Å². The van der Waals surface area contributed by atoms with Gasteiger partial charge in [-0.15, -0.1) is 0 Å². The zero-order chi connectivity index (χ0) is 18.7. The van der Waals surface area contributed by atoms with Crippen molar-refractivity contribution in [1.29, 1.82) is 0 Å². The number of rotatable bonds is 0. The lowest BCUT2D eigenvalue weighted by Gasteiger charge is -2.84. The normalized spacial score (nSPS) is 63.6. The van der Waals surface area contributed by atoms with Crippen LogP contribution in [-0.2, 0) is 18.9 Å². The maximum absolute atomic E-state index is 11.7. The van der Waals surface area contributed by atoms with Gasteiger partial charge in [0, 0.05) is 30.1 Å². The minimum absolute atomic E-state index is 0.0711. The Hall–Kier alpha value is -0.200. The van der Waals surface area contributed by atoms with E-state index in [9.17, 15) is 5.11 Å². The molecular weight excluding hydrogens is 356 g/mol. The highest BCUT2D eigenvalue weighted by Gasteiger charge is 3.04. The summed E-state index contributed by atoms with van der Waals surface area (Å²) >= 11 is 0. The molecule has 8 rings (SSSR count). The van der Waals surface area contributed by atoms with Crippen molar-refractivity contribution in [2.45, 2.75) is 82.4 Å². The van der Waals surface area contributed by atoms with Gasteiger partial charge in [-0.25, -0.2) is 0 Å². The Bertz CT molecular complexity index is 786. The lowest BCUT2D eigenvalue weighted by molar-refractivity contribution is -0.417. The van der Waals surface area contributed by atoms with Gasteiger partial charge in [0.1, 0.15) is 0 Å². The van der Waals surface area contributed by atoms with Crippen LogP contribution in [0, 0.1) is 33.0 Å². The molecule has 28 heavy (non-hydrogen) atoms. The number of aliphatic hydroxyl groups excluding tert-OH is 1. The Labute approximate surface area is 166 Å². The van der Waals surface area contributed by atoms with E-state index in [0.717, 1.165) is 38.9 Å². The second kappa shape index (κ2) is 4.25. The van der Waals surface area contributed by atoms with E-state index in [1.165, 1.54) is 32.1 Å². The van der Waals surface area contributed by atoms with Crippen LogP contribution in [0.4, 0.5) is 0 Å². The van der Waals surface area contributed by atoms with E-state index in [0.29, 0.717) is 30.0 Å². The van der Waals surface area contributed by atoms with Gasteiger partial charge in [0.2, 0.25) is 0 Å². The average Bonchev–Trinajstić information content (AvgIpc) is 3.10. The Kier molecular flexibility index (Phi) is 2.50. The molecule has 1 N–H and O–H groups in total. The molecule has 6 aliphatic carbocycles. The molecule has 0 aromatic heterocycles. The van der Waals surface area contributed by atoms with Crippen molar-refractivity contribution >= 4 is 0 Å².